The van der Waals surface area contributed by atoms with Crippen LogP contribution >= 0.6 is 11.3 Å². The third kappa shape index (κ3) is 3.00. The van der Waals surface area contributed by atoms with Crippen LogP contribution in [0.2, 0.25) is 0 Å². The van der Waals surface area contributed by atoms with E-state index in [1.165, 1.54) is 30.4 Å². The SMILES string of the molecule is CCOc1ccc2nc(NCC(C3CC3)C3CC3)sc2c1. The van der Waals surface area contributed by atoms with Gasteiger partial charge in [0.2, 0.25) is 0 Å². The van der Waals surface area contributed by atoms with Crippen LogP contribution in [0.25, 0.3) is 10.2 Å². The summed E-state index contributed by atoms with van der Waals surface area (Å²) in [5, 5.41) is 4.66. The standard InChI is InChI=1S/C17H22N2OS/c1-2-20-13-7-8-15-16(9-13)21-17(19-15)18-10-14(11-3-4-11)12-5-6-12/h7-9,11-12,14H,2-6,10H2,1H3,(H,18,19). The molecule has 0 bridgehead atoms. The van der Waals surface area contributed by atoms with Crippen LogP contribution in [0, 0.1) is 17.8 Å². The molecule has 0 aliphatic heterocycles. The number of anilines is 1. The second-order valence-electron chi connectivity index (χ2n) is 6.30. The van der Waals surface area contributed by atoms with Crippen molar-refractivity contribution in [3.8, 4) is 5.75 Å². The van der Waals surface area contributed by atoms with E-state index < -0.39 is 0 Å². The van der Waals surface area contributed by atoms with E-state index in [1.807, 2.05) is 13.0 Å². The highest BCUT2D eigenvalue weighted by atomic mass is 32.1. The normalized spacial score (nSPS) is 18.4. The summed E-state index contributed by atoms with van der Waals surface area (Å²) in [7, 11) is 0. The van der Waals surface area contributed by atoms with E-state index in [-0.39, 0.29) is 0 Å². The summed E-state index contributed by atoms with van der Waals surface area (Å²) in [6.45, 7) is 3.83. The average Bonchev–Trinajstić information content (AvgIpc) is 3.38. The Bertz CT molecular complexity index is 619. The molecule has 0 amide bonds. The minimum atomic E-state index is 0.708. The molecular weight excluding hydrogens is 280 g/mol. The van der Waals surface area contributed by atoms with Gasteiger partial charge in [0.1, 0.15) is 5.75 Å². The molecule has 2 aromatic rings. The van der Waals surface area contributed by atoms with Crippen molar-refractivity contribution in [1.29, 1.82) is 0 Å². The fourth-order valence-electron chi connectivity index (χ4n) is 3.21. The maximum Gasteiger partial charge on any atom is 0.183 e. The summed E-state index contributed by atoms with van der Waals surface area (Å²) >= 11 is 1.74. The molecule has 21 heavy (non-hydrogen) atoms. The van der Waals surface area contributed by atoms with Crippen molar-refractivity contribution < 1.29 is 4.74 Å². The van der Waals surface area contributed by atoms with Gasteiger partial charge in [-0.3, -0.25) is 0 Å². The van der Waals surface area contributed by atoms with Crippen molar-refractivity contribution in [1.82, 2.24) is 4.98 Å². The number of benzene rings is 1. The van der Waals surface area contributed by atoms with Gasteiger partial charge in [0.15, 0.2) is 5.13 Å². The Morgan fingerprint density at radius 3 is 2.71 bits per heavy atom. The second kappa shape index (κ2) is 5.48. The fraction of sp³-hybridized carbons (Fsp3) is 0.588. The minimum Gasteiger partial charge on any atom is -0.494 e. The molecule has 2 saturated carbocycles. The van der Waals surface area contributed by atoms with Crippen molar-refractivity contribution >= 4 is 26.7 Å². The van der Waals surface area contributed by atoms with Crippen LogP contribution in [0.1, 0.15) is 32.6 Å². The first kappa shape index (κ1) is 13.4. The van der Waals surface area contributed by atoms with Crippen LogP contribution < -0.4 is 10.1 Å². The Kier molecular flexibility index (Phi) is 3.49. The number of nitrogens with one attached hydrogen (secondary N) is 1. The Morgan fingerprint density at radius 2 is 2.05 bits per heavy atom. The summed E-state index contributed by atoms with van der Waals surface area (Å²) in [6, 6.07) is 6.16. The lowest BCUT2D eigenvalue weighted by molar-refractivity contribution is 0.341. The maximum atomic E-state index is 5.56. The Balaban J connectivity index is 1.45. The van der Waals surface area contributed by atoms with Gasteiger partial charge in [-0.1, -0.05) is 11.3 Å². The number of ether oxygens (including phenoxy) is 1. The van der Waals surface area contributed by atoms with Gasteiger partial charge < -0.3 is 10.1 Å². The summed E-state index contributed by atoms with van der Waals surface area (Å²) in [5.74, 6) is 3.80. The quantitative estimate of drug-likeness (QED) is 0.815. The van der Waals surface area contributed by atoms with Crippen molar-refractivity contribution in [3.05, 3.63) is 18.2 Å². The summed E-state index contributed by atoms with van der Waals surface area (Å²) < 4.78 is 6.77. The van der Waals surface area contributed by atoms with Crippen molar-refractivity contribution in [2.75, 3.05) is 18.5 Å². The Morgan fingerprint density at radius 1 is 1.29 bits per heavy atom. The third-order valence-electron chi connectivity index (χ3n) is 4.61. The fourth-order valence-corrected chi connectivity index (χ4v) is 4.11. The molecule has 1 heterocycles. The van der Waals surface area contributed by atoms with Crippen LogP contribution in [-0.4, -0.2) is 18.1 Å². The van der Waals surface area contributed by atoms with Crippen LogP contribution in [0.4, 0.5) is 5.13 Å². The zero-order valence-corrected chi connectivity index (χ0v) is 13.3. The highest BCUT2D eigenvalue weighted by Crippen LogP contribution is 2.49. The van der Waals surface area contributed by atoms with Crippen LogP contribution in [-0.2, 0) is 0 Å². The molecule has 1 aromatic heterocycles. The van der Waals surface area contributed by atoms with E-state index in [0.29, 0.717) is 6.61 Å². The first-order chi connectivity index (χ1) is 10.3. The van der Waals surface area contributed by atoms with E-state index in [1.54, 1.807) is 11.3 Å². The molecule has 0 radical (unpaired) electrons. The Hall–Kier alpha value is -1.29. The van der Waals surface area contributed by atoms with Gasteiger partial charge in [0.25, 0.3) is 0 Å². The molecule has 2 aliphatic rings. The Labute approximate surface area is 129 Å². The molecule has 4 heteroatoms. The first-order valence-electron chi connectivity index (χ1n) is 8.10. The van der Waals surface area contributed by atoms with Gasteiger partial charge in [-0.15, -0.1) is 0 Å². The monoisotopic (exact) mass is 302 g/mol. The van der Waals surface area contributed by atoms with Crippen molar-refractivity contribution in [2.24, 2.45) is 17.8 Å². The summed E-state index contributed by atoms with van der Waals surface area (Å²) in [6.07, 6.45) is 5.78. The maximum absolute atomic E-state index is 5.56. The largest absolute Gasteiger partial charge is 0.494 e. The highest BCUT2D eigenvalue weighted by Gasteiger charge is 2.41. The first-order valence-corrected chi connectivity index (χ1v) is 8.92. The van der Waals surface area contributed by atoms with Crippen LogP contribution in [0.5, 0.6) is 5.75 Å². The van der Waals surface area contributed by atoms with Crippen LogP contribution in [0.3, 0.4) is 0 Å². The highest BCUT2D eigenvalue weighted by molar-refractivity contribution is 7.22. The number of hydrogen-bond donors (Lipinski definition) is 1. The zero-order chi connectivity index (χ0) is 14.2. The minimum absolute atomic E-state index is 0.708. The lowest BCUT2D eigenvalue weighted by Gasteiger charge is -2.15. The molecule has 1 N–H and O–H groups in total. The predicted octanol–water partition coefficient (Wildman–Crippen LogP) is 4.54. The van der Waals surface area contributed by atoms with E-state index in [0.717, 1.165) is 40.7 Å². The number of thiazole rings is 1. The summed E-state index contributed by atoms with van der Waals surface area (Å²) in [5.41, 5.74) is 1.07. The van der Waals surface area contributed by atoms with E-state index in [4.69, 9.17) is 9.72 Å². The molecule has 2 aliphatic carbocycles. The van der Waals surface area contributed by atoms with Gasteiger partial charge in [-0.05, 0) is 68.6 Å². The molecular formula is C17H22N2OS. The molecule has 112 valence electrons. The molecule has 0 spiro atoms. The second-order valence-corrected chi connectivity index (χ2v) is 7.33. The molecule has 0 atom stereocenters. The predicted molar refractivity (Wildman–Crippen MR) is 88.2 cm³/mol. The number of aromatic nitrogens is 1. The average molecular weight is 302 g/mol. The molecule has 0 saturated heterocycles. The van der Waals surface area contributed by atoms with Gasteiger partial charge in [0.05, 0.1) is 16.8 Å². The molecule has 3 nitrogen and oxygen atoms in total. The zero-order valence-electron chi connectivity index (χ0n) is 12.5. The summed E-state index contributed by atoms with van der Waals surface area (Å²) in [4.78, 5) is 4.70. The topological polar surface area (TPSA) is 34.1 Å². The van der Waals surface area contributed by atoms with Crippen LogP contribution in [0.15, 0.2) is 18.2 Å². The third-order valence-corrected chi connectivity index (χ3v) is 5.59. The van der Waals surface area contributed by atoms with Gasteiger partial charge in [-0.25, -0.2) is 4.98 Å². The van der Waals surface area contributed by atoms with Gasteiger partial charge in [-0.2, -0.15) is 0 Å². The van der Waals surface area contributed by atoms with Gasteiger partial charge >= 0.3 is 0 Å². The van der Waals surface area contributed by atoms with Gasteiger partial charge in [0, 0.05) is 6.54 Å². The van der Waals surface area contributed by atoms with E-state index in [2.05, 4.69) is 17.4 Å². The molecule has 0 unspecified atom stereocenters. The lowest BCUT2D eigenvalue weighted by atomic mass is 9.98. The van der Waals surface area contributed by atoms with E-state index >= 15 is 0 Å². The lowest BCUT2D eigenvalue weighted by Crippen LogP contribution is -2.18. The van der Waals surface area contributed by atoms with Crippen molar-refractivity contribution in [3.63, 3.8) is 0 Å². The van der Waals surface area contributed by atoms with Crippen molar-refractivity contribution in [2.45, 2.75) is 32.6 Å². The number of fused-ring (bicyclic) bond motifs is 1. The molecule has 1 aromatic carbocycles. The molecule has 2 fully saturated rings. The number of hydrogen-bond acceptors (Lipinski definition) is 4. The number of rotatable bonds is 7. The smallest absolute Gasteiger partial charge is 0.183 e. The molecule has 4 rings (SSSR count). The number of nitrogens with zero attached hydrogens (tertiary/aromatic N) is 1. The van der Waals surface area contributed by atoms with E-state index in [9.17, 15) is 0 Å².